The van der Waals surface area contributed by atoms with Crippen molar-refractivity contribution in [2.45, 2.75) is 33.2 Å². The lowest BCUT2D eigenvalue weighted by Gasteiger charge is -2.05. The molecule has 0 unspecified atom stereocenters. The molecule has 0 atom stereocenters. The highest BCUT2D eigenvalue weighted by atomic mass is 15.3. The molecule has 0 bridgehead atoms. The minimum atomic E-state index is 0.480. The first-order valence-corrected chi connectivity index (χ1v) is 6.49. The summed E-state index contributed by atoms with van der Waals surface area (Å²) in [5.41, 5.74) is 11.7. The van der Waals surface area contributed by atoms with Crippen LogP contribution in [-0.4, -0.2) is 9.78 Å². The number of nitrogens with two attached hydrogens (primary N) is 1. The third kappa shape index (κ3) is 2.31. The summed E-state index contributed by atoms with van der Waals surface area (Å²) in [5.74, 6) is 0. The normalized spacial score (nSPS) is 10.9. The second-order valence-electron chi connectivity index (χ2n) is 4.68. The summed E-state index contributed by atoms with van der Waals surface area (Å²) in [6.07, 6.45) is 2.31. The molecule has 1 heterocycles. The Kier molecular flexibility index (Phi) is 3.82. The number of aryl methyl sites for hydroxylation is 2. The smallest absolute Gasteiger partial charge is 0.0841 e. The number of nitrogens with zero attached hydrogens (tertiary/aromatic N) is 2. The quantitative estimate of drug-likeness (QED) is 0.897. The Morgan fingerprint density at radius 3 is 2.44 bits per heavy atom. The molecule has 0 spiro atoms. The SMILES string of the molecule is CCCc1ccc(-c2c(CN)nn(C)c2C)cc1. The Labute approximate surface area is 109 Å². The summed E-state index contributed by atoms with van der Waals surface area (Å²) in [6, 6.07) is 8.75. The van der Waals surface area contributed by atoms with Crippen LogP contribution in [-0.2, 0) is 20.0 Å². The molecule has 96 valence electrons. The van der Waals surface area contributed by atoms with Gasteiger partial charge >= 0.3 is 0 Å². The predicted octanol–water partition coefficient (Wildman–Crippen LogP) is 2.81. The molecule has 2 N–H and O–H groups in total. The fourth-order valence-corrected chi connectivity index (χ4v) is 2.32. The molecule has 3 heteroatoms. The second kappa shape index (κ2) is 5.36. The number of hydrogen-bond donors (Lipinski definition) is 1. The number of hydrogen-bond acceptors (Lipinski definition) is 2. The van der Waals surface area contributed by atoms with Gasteiger partial charge in [-0.15, -0.1) is 0 Å². The maximum absolute atomic E-state index is 5.77. The van der Waals surface area contributed by atoms with Gasteiger partial charge in [0.2, 0.25) is 0 Å². The highest BCUT2D eigenvalue weighted by molar-refractivity contribution is 5.68. The van der Waals surface area contributed by atoms with E-state index >= 15 is 0 Å². The molecule has 0 aliphatic heterocycles. The van der Waals surface area contributed by atoms with Crippen molar-refractivity contribution in [1.82, 2.24) is 9.78 Å². The van der Waals surface area contributed by atoms with Crippen molar-refractivity contribution in [1.29, 1.82) is 0 Å². The van der Waals surface area contributed by atoms with Gasteiger partial charge in [0, 0.05) is 24.8 Å². The van der Waals surface area contributed by atoms with Crippen LogP contribution in [0.5, 0.6) is 0 Å². The maximum atomic E-state index is 5.77. The third-order valence-electron chi connectivity index (χ3n) is 3.38. The third-order valence-corrected chi connectivity index (χ3v) is 3.38. The van der Waals surface area contributed by atoms with Gasteiger partial charge in [-0.05, 0) is 24.5 Å². The molecule has 0 aliphatic rings. The predicted molar refractivity (Wildman–Crippen MR) is 75.3 cm³/mol. The molecule has 2 rings (SSSR count). The zero-order valence-corrected chi connectivity index (χ0v) is 11.4. The summed E-state index contributed by atoms with van der Waals surface area (Å²) >= 11 is 0. The Hall–Kier alpha value is -1.61. The lowest BCUT2D eigenvalue weighted by Crippen LogP contribution is -1.99. The summed E-state index contributed by atoms with van der Waals surface area (Å²) < 4.78 is 1.90. The van der Waals surface area contributed by atoms with Crippen LogP contribution in [0.1, 0.15) is 30.3 Å². The van der Waals surface area contributed by atoms with E-state index in [0.717, 1.165) is 12.1 Å². The van der Waals surface area contributed by atoms with E-state index in [9.17, 15) is 0 Å². The first kappa shape index (κ1) is 12.8. The van der Waals surface area contributed by atoms with Gasteiger partial charge in [-0.1, -0.05) is 37.6 Å². The summed E-state index contributed by atoms with van der Waals surface area (Å²) in [5, 5.41) is 4.46. The van der Waals surface area contributed by atoms with Crippen LogP contribution < -0.4 is 5.73 Å². The van der Waals surface area contributed by atoms with E-state index in [2.05, 4.69) is 43.2 Å². The van der Waals surface area contributed by atoms with E-state index in [0.29, 0.717) is 6.54 Å². The first-order chi connectivity index (χ1) is 8.67. The molecule has 0 radical (unpaired) electrons. The minimum Gasteiger partial charge on any atom is -0.325 e. The zero-order valence-electron chi connectivity index (χ0n) is 11.4. The van der Waals surface area contributed by atoms with Crippen LogP contribution in [0.3, 0.4) is 0 Å². The minimum absolute atomic E-state index is 0.480. The summed E-state index contributed by atoms with van der Waals surface area (Å²) in [6.45, 7) is 4.76. The van der Waals surface area contributed by atoms with Gasteiger partial charge in [-0.3, -0.25) is 4.68 Å². The van der Waals surface area contributed by atoms with Gasteiger partial charge in [0.25, 0.3) is 0 Å². The second-order valence-corrected chi connectivity index (χ2v) is 4.68. The molecule has 0 fully saturated rings. The molecule has 0 saturated carbocycles. The van der Waals surface area contributed by atoms with Crippen LogP contribution >= 0.6 is 0 Å². The van der Waals surface area contributed by atoms with E-state index in [1.54, 1.807) is 0 Å². The molecule has 2 aromatic rings. The summed E-state index contributed by atoms with van der Waals surface area (Å²) in [7, 11) is 1.96. The van der Waals surface area contributed by atoms with Gasteiger partial charge in [0.05, 0.1) is 5.69 Å². The van der Waals surface area contributed by atoms with Crippen LogP contribution in [0, 0.1) is 6.92 Å². The first-order valence-electron chi connectivity index (χ1n) is 6.49. The Balaban J connectivity index is 2.42. The van der Waals surface area contributed by atoms with Crippen molar-refractivity contribution in [2.75, 3.05) is 0 Å². The van der Waals surface area contributed by atoms with E-state index in [1.807, 2.05) is 11.7 Å². The average molecular weight is 243 g/mol. The van der Waals surface area contributed by atoms with Gasteiger partial charge < -0.3 is 5.73 Å². The largest absolute Gasteiger partial charge is 0.325 e. The highest BCUT2D eigenvalue weighted by Crippen LogP contribution is 2.27. The van der Waals surface area contributed by atoms with Crippen molar-refractivity contribution >= 4 is 0 Å². The fourth-order valence-electron chi connectivity index (χ4n) is 2.32. The van der Waals surface area contributed by atoms with Crippen LogP contribution in [0.15, 0.2) is 24.3 Å². The Morgan fingerprint density at radius 2 is 1.89 bits per heavy atom. The number of benzene rings is 1. The monoisotopic (exact) mass is 243 g/mol. The molecule has 0 saturated heterocycles. The molecular formula is C15H21N3. The van der Waals surface area contributed by atoms with Gasteiger partial charge in [-0.2, -0.15) is 5.10 Å². The van der Waals surface area contributed by atoms with Crippen LogP contribution in [0.25, 0.3) is 11.1 Å². The van der Waals surface area contributed by atoms with Crippen LogP contribution in [0.4, 0.5) is 0 Å². The Bertz CT molecular complexity index is 523. The van der Waals surface area contributed by atoms with Gasteiger partial charge in [-0.25, -0.2) is 0 Å². The molecule has 1 aromatic heterocycles. The lowest BCUT2D eigenvalue weighted by molar-refractivity contribution is 0.721. The maximum Gasteiger partial charge on any atom is 0.0841 e. The molecule has 18 heavy (non-hydrogen) atoms. The van der Waals surface area contributed by atoms with E-state index < -0.39 is 0 Å². The van der Waals surface area contributed by atoms with Gasteiger partial charge in [0.1, 0.15) is 0 Å². The van der Waals surface area contributed by atoms with Crippen molar-refractivity contribution in [3.63, 3.8) is 0 Å². The van der Waals surface area contributed by atoms with E-state index in [1.165, 1.54) is 28.8 Å². The van der Waals surface area contributed by atoms with E-state index in [-0.39, 0.29) is 0 Å². The fraction of sp³-hybridized carbons (Fsp3) is 0.400. The molecule has 1 aromatic carbocycles. The van der Waals surface area contributed by atoms with Crippen molar-refractivity contribution < 1.29 is 0 Å². The number of rotatable bonds is 4. The lowest BCUT2D eigenvalue weighted by atomic mass is 10.0. The van der Waals surface area contributed by atoms with Crippen molar-refractivity contribution in [3.05, 3.63) is 41.2 Å². The van der Waals surface area contributed by atoms with E-state index in [4.69, 9.17) is 5.73 Å². The topological polar surface area (TPSA) is 43.8 Å². The number of aromatic nitrogens is 2. The summed E-state index contributed by atoms with van der Waals surface area (Å²) in [4.78, 5) is 0. The highest BCUT2D eigenvalue weighted by Gasteiger charge is 2.13. The van der Waals surface area contributed by atoms with Crippen molar-refractivity contribution in [3.8, 4) is 11.1 Å². The molecule has 3 nitrogen and oxygen atoms in total. The zero-order chi connectivity index (χ0) is 13.1. The standard InChI is InChI=1S/C15H21N3/c1-4-5-12-6-8-13(9-7-12)15-11(2)18(3)17-14(15)10-16/h6-9H,4-5,10,16H2,1-3H3. The van der Waals surface area contributed by atoms with Crippen LogP contribution in [0.2, 0.25) is 0 Å². The molecule has 0 aliphatic carbocycles. The molecular weight excluding hydrogens is 222 g/mol. The molecule has 0 amide bonds. The average Bonchev–Trinajstić information content (AvgIpc) is 2.67. The van der Waals surface area contributed by atoms with Gasteiger partial charge in [0.15, 0.2) is 0 Å². The van der Waals surface area contributed by atoms with Crippen molar-refractivity contribution in [2.24, 2.45) is 12.8 Å². The Morgan fingerprint density at radius 1 is 1.22 bits per heavy atom.